The molecule has 1 aromatic heterocycles. The summed E-state index contributed by atoms with van der Waals surface area (Å²) in [6, 6.07) is 0. The maximum atomic E-state index is 4.25. The molecule has 1 aromatic rings. The van der Waals surface area contributed by atoms with Crippen molar-refractivity contribution < 1.29 is 0 Å². The predicted octanol–water partition coefficient (Wildman–Crippen LogP) is 3.26. The second-order valence-electron chi connectivity index (χ2n) is 4.17. The van der Waals surface area contributed by atoms with Gasteiger partial charge in [0.05, 0.1) is 0 Å². The van der Waals surface area contributed by atoms with E-state index in [-0.39, 0.29) is 0 Å². The quantitative estimate of drug-likeness (QED) is 0.416. The lowest BCUT2D eigenvalue weighted by molar-refractivity contribution is 0.582. The molecule has 1 N–H and O–H groups in total. The first-order valence-electron chi connectivity index (χ1n) is 6.42. The van der Waals surface area contributed by atoms with Crippen molar-refractivity contribution >= 4 is 11.8 Å². The fourth-order valence-corrected chi connectivity index (χ4v) is 1.94. The average molecular weight is 253 g/mol. The fraction of sp³-hybridized carbons (Fsp3) is 0.692. The number of hydrogen-bond acceptors (Lipinski definition) is 4. The normalized spacial score (nSPS) is 10.7. The van der Waals surface area contributed by atoms with Crippen molar-refractivity contribution in [2.24, 2.45) is 0 Å². The van der Waals surface area contributed by atoms with Gasteiger partial charge in [-0.2, -0.15) is 0 Å². The van der Waals surface area contributed by atoms with E-state index < -0.39 is 0 Å². The van der Waals surface area contributed by atoms with Crippen LogP contribution in [0.2, 0.25) is 0 Å². The summed E-state index contributed by atoms with van der Waals surface area (Å²) in [6.07, 6.45) is 12.4. The van der Waals surface area contributed by atoms with Crippen LogP contribution in [-0.2, 0) is 6.54 Å². The summed E-state index contributed by atoms with van der Waals surface area (Å²) < 4.78 is 0. The molecule has 0 atom stereocenters. The van der Waals surface area contributed by atoms with Gasteiger partial charge in [-0.15, -0.1) is 0 Å². The molecule has 17 heavy (non-hydrogen) atoms. The summed E-state index contributed by atoms with van der Waals surface area (Å²) in [5, 5.41) is 4.27. The summed E-state index contributed by atoms with van der Waals surface area (Å²) >= 11 is 1.57. The zero-order chi connectivity index (χ0) is 12.3. The van der Waals surface area contributed by atoms with Crippen LogP contribution in [0.1, 0.15) is 44.6 Å². The Morgan fingerprint density at radius 1 is 1.12 bits per heavy atom. The van der Waals surface area contributed by atoms with Crippen molar-refractivity contribution in [3.05, 3.63) is 18.0 Å². The number of unbranched alkanes of at least 4 members (excludes halogenated alkanes) is 4. The number of nitrogens with zero attached hydrogens (tertiary/aromatic N) is 2. The minimum atomic E-state index is 0.841. The van der Waals surface area contributed by atoms with Crippen LogP contribution < -0.4 is 5.32 Å². The van der Waals surface area contributed by atoms with Gasteiger partial charge in [0.15, 0.2) is 5.16 Å². The van der Waals surface area contributed by atoms with Gasteiger partial charge in [-0.05, 0) is 19.2 Å². The van der Waals surface area contributed by atoms with Gasteiger partial charge in [0, 0.05) is 24.5 Å². The summed E-state index contributed by atoms with van der Waals surface area (Å²) in [5.74, 6) is 0. The highest BCUT2D eigenvalue weighted by Crippen LogP contribution is 2.07. The van der Waals surface area contributed by atoms with Gasteiger partial charge >= 0.3 is 0 Å². The van der Waals surface area contributed by atoms with Gasteiger partial charge in [-0.1, -0.05) is 44.4 Å². The maximum Gasteiger partial charge on any atom is 0.187 e. The molecular formula is C13H23N3S. The third-order valence-corrected chi connectivity index (χ3v) is 3.23. The summed E-state index contributed by atoms with van der Waals surface area (Å²) in [7, 11) is 0. The number of thioether (sulfide) groups is 1. The maximum absolute atomic E-state index is 4.25. The molecule has 1 rings (SSSR count). The van der Waals surface area contributed by atoms with E-state index in [0.29, 0.717) is 0 Å². The lowest BCUT2D eigenvalue weighted by atomic mass is 10.1. The topological polar surface area (TPSA) is 37.8 Å². The molecule has 0 spiro atoms. The highest BCUT2D eigenvalue weighted by Gasteiger charge is 1.96. The molecular weight excluding hydrogens is 230 g/mol. The second kappa shape index (κ2) is 9.42. The molecule has 0 aromatic carbocycles. The molecule has 0 fully saturated rings. The van der Waals surface area contributed by atoms with E-state index in [0.717, 1.165) is 23.8 Å². The highest BCUT2D eigenvalue weighted by atomic mass is 32.2. The smallest absolute Gasteiger partial charge is 0.187 e. The molecule has 0 unspecified atom stereocenters. The van der Waals surface area contributed by atoms with Crippen LogP contribution in [0.3, 0.4) is 0 Å². The van der Waals surface area contributed by atoms with E-state index >= 15 is 0 Å². The summed E-state index contributed by atoms with van der Waals surface area (Å²) in [5.41, 5.74) is 1.16. The van der Waals surface area contributed by atoms with Crippen LogP contribution >= 0.6 is 11.8 Å². The molecule has 4 heteroatoms. The van der Waals surface area contributed by atoms with Crippen molar-refractivity contribution in [2.75, 3.05) is 12.8 Å². The van der Waals surface area contributed by atoms with Gasteiger partial charge in [-0.3, -0.25) is 0 Å². The summed E-state index contributed by atoms with van der Waals surface area (Å²) in [6.45, 7) is 4.22. The third kappa shape index (κ3) is 6.64. The Hall–Kier alpha value is -0.610. The molecule has 0 aliphatic rings. The SMILES string of the molecule is CCCCCCCNCc1cnc(SC)nc1. The van der Waals surface area contributed by atoms with E-state index in [1.165, 1.54) is 32.1 Å². The Kier molecular flexibility index (Phi) is 8.01. The second-order valence-corrected chi connectivity index (χ2v) is 4.94. The molecule has 1 heterocycles. The van der Waals surface area contributed by atoms with Crippen LogP contribution in [-0.4, -0.2) is 22.8 Å². The number of hydrogen-bond donors (Lipinski definition) is 1. The predicted molar refractivity (Wildman–Crippen MR) is 74.3 cm³/mol. The first kappa shape index (κ1) is 14.5. The van der Waals surface area contributed by atoms with E-state index in [2.05, 4.69) is 22.2 Å². The van der Waals surface area contributed by atoms with Gasteiger partial charge in [0.2, 0.25) is 0 Å². The van der Waals surface area contributed by atoms with Crippen molar-refractivity contribution in [1.82, 2.24) is 15.3 Å². The number of aromatic nitrogens is 2. The standard InChI is InChI=1S/C13H23N3S/c1-3-4-5-6-7-8-14-9-12-10-15-13(17-2)16-11-12/h10-11,14H,3-9H2,1-2H3. The molecule has 3 nitrogen and oxygen atoms in total. The first-order valence-corrected chi connectivity index (χ1v) is 7.65. The van der Waals surface area contributed by atoms with Gasteiger partial charge in [0.1, 0.15) is 0 Å². The van der Waals surface area contributed by atoms with Crippen molar-refractivity contribution in [1.29, 1.82) is 0 Å². The van der Waals surface area contributed by atoms with E-state index in [4.69, 9.17) is 0 Å². The molecule has 0 aliphatic carbocycles. The van der Waals surface area contributed by atoms with E-state index in [1.807, 2.05) is 18.6 Å². The van der Waals surface area contributed by atoms with Crippen LogP contribution in [0.15, 0.2) is 17.6 Å². The van der Waals surface area contributed by atoms with Gasteiger partial charge < -0.3 is 5.32 Å². The Bertz CT molecular complexity index is 287. The van der Waals surface area contributed by atoms with Crippen molar-refractivity contribution in [3.63, 3.8) is 0 Å². The Labute approximate surface area is 109 Å². The van der Waals surface area contributed by atoms with Crippen LogP contribution in [0.5, 0.6) is 0 Å². The average Bonchev–Trinajstić information content (AvgIpc) is 2.38. The van der Waals surface area contributed by atoms with Crippen LogP contribution in [0.4, 0.5) is 0 Å². The zero-order valence-electron chi connectivity index (χ0n) is 10.9. The monoisotopic (exact) mass is 253 g/mol. The lowest BCUT2D eigenvalue weighted by Crippen LogP contribution is -2.15. The zero-order valence-corrected chi connectivity index (χ0v) is 11.7. The molecule has 0 saturated heterocycles. The van der Waals surface area contributed by atoms with Gasteiger partial charge in [0.25, 0.3) is 0 Å². The third-order valence-electron chi connectivity index (χ3n) is 2.65. The molecule has 0 radical (unpaired) electrons. The Balaban J connectivity index is 2.05. The minimum absolute atomic E-state index is 0.841. The molecule has 0 saturated carbocycles. The largest absolute Gasteiger partial charge is 0.313 e. The molecule has 0 amide bonds. The summed E-state index contributed by atoms with van der Waals surface area (Å²) in [4.78, 5) is 8.50. The van der Waals surface area contributed by atoms with E-state index in [1.54, 1.807) is 11.8 Å². The molecule has 96 valence electrons. The van der Waals surface area contributed by atoms with Crippen molar-refractivity contribution in [3.8, 4) is 0 Å². The van der Waals surface area contributed by atoms with Crippen molar-refractivity contribution in [2.45, 2.75) is 50.7 Å². The molecule has 0 bridgehead atoms. The number of rotatable bonds is 9. The van der Waals surface area contributed by atoms with Gasteiger partial charge in [-0.25, -0.2) is 9.97 Å². The molecule has 0 aliphatic heterocycles. The highest BCUT2D eigenvalue weighted by molar-refractivity contribution is 7.98. The minimum Gasteiger partial charge on any atom is -0.313 e. The lowest BCUT2D eigenvalue weighted by Gasteiger charge is -2.04. The number of nitrogens with one attached hydrogen (secondary N) is 1. The first-order chi connectivity index (χ1) is 8.36. The van der Waals surface area contributed by atoms with Crippen LogP contribution in [0, 0.1) is 0 Å². The fourth-order valence-electron chi connectivity index (χ4n) is 1.63. The van der Waals surface area contributed by atoms with Crippen LogP contribution in [0.25, 0.3) is 0 Å². The Morgan fingerprint density at radius 3 is 2.47 bits per heavy atom. The van der Waals surface area contributed by atoms with E-state index in [9.17, 15) is 0 Å². The Morgan fingerprint density at radius 2 is 1.82 bits per heavy atom.